The lowest BCUT2D eigenvalue weighted by molar-refractivity contribution is 0.0409. The van der Waals surface area contributed by atoms with Gasteiger partial charge in [-0.3, -0.25) is 18.5 Å². The Labute approximate surface area is 182 Å². The summed E-state index contributed by atoms with van der Waals surface area (Å²) in [7, 11) is -1.41. The summed E-state index contributed by atoms with van der Waals surface area (Å²) >= 11 is 5.94. The van der Waals surface area contributed by atoms with Gasteiger partial charge in [0.1, 0.15) is 0 Å². The number of ether oxygens (including phenoxy) is 1. The van der Waals surface area contributed by atoms with E-state index < -0.39 is 10.8 Å². The van der Waals surface area contributed by atoms with Crippen LogP contribution in [-0.2, 0) is 15.5 Å². The lowest BCUT2D eigenvalue weighted by Gasteiger charge is -2.26. The van der Waals surface area contributed by atoms with E-state index in [1.165, 1.54) is 4.57 Å². The third-order valence-electron chi connectivity index (χ3n) is 4.72. The monoisotopic (exact) mass is 453 g/mol. The van der Waals surface area contributed by atoms with Crippen molar-refractivity contribution in [3.05, 3.63) is 59.1 Å². The number of rotatable bonds is 5. The van der Waals surface area contributed by atoms with Crippen molar-refractivity contribution in [3.63, 3.8) is 0 Å². The number of halogens is 2. The third kappa shape index (κ3) is 4.87. The van der Waals surface area contributed by atoms with Crippen molar-refractivity contribution in [1.82, 2.24) is 14.5 Å². The van der Waals surface area contributed by atoms with E-state index in [-0.39, 0.29) is 23.5 Å². The number of imidazole rings is 1. The molecular formula is C20H21Cl2N3O3S. The number of hydrogen-bond donors (Lipinski definition) is 0. The van der Waals surface area contributed by atoms with Crippen molar-refractivity contribution in [2.75, 3.05) is 38.6 Å². The minimum absolute atomic E-state index is 0. The molecule has 29 heavy (non-hydrogen) atoms. The highest BCUT2D eigenvalue weighted by Gasteiger charge is 2.23. The fourth-order valence-electron chi connectivity index (χ4n) is 3.20. The Balaban J connectivity index is 0.00000240. The molecular weight excluding hydrogens is 433 g/mol. The molecule has 0 amide bonds. The van der Waals surface area contributed by atoms with Crippen LogP contribution in [0.5, 0.6) is 0 Å². The molecule has 0 spiro atoms. The fourth-order valence-corrected chi connectivity index (χ4v) is 4.52. The summed E-state index contributed by atoms with van der Waals surface area (Å²) in [5, 5.41) is 0.843. The minimum Gasteiger partial charge on any atom is -0.379 e. The van der Waals surface area contributed by atoms with Crippen LogP contribution in [0, 0.1) is 0 Å². The number of para-hydroxylation sites is 2. The number of benzene rings is 2. The summed E-state index contributed by atoms with van der Waals surface area (Å²) in [5.41, 5.74) is 1.77. The van der Waals surface area contributed by atoms with Crippen LogP contribution >= 0.6 is 24.0 Å². The van der Waals surface area contributed by atoms with E-state index in [0.717, 1.165) is 13.1 Å². The molecule has 4 rings (SSSR count). The SMILES string of the molecule is Cl.O=C(c1ccc(Cl)cc1)n1c(S(=O)CCN2CCOCC2)nc2ccccc21. The van der Waals surface area contributed by atoms with Crippen molar-refractivity contribution < 1.29 is 13.7 Å². The van der Waals surface area contributed by atoms with Gasteiger partial charge < -0.3 is 4.74 Å². The number of hydrogen-bond acceptors (Lipinski definition) is 5. The Hall–Kier alpha value is -1.77. The Morgan fingerprint density at radius 3 is 2.52 bits per heavy atom. The van der Waals surface area contributed by atoms with Crippen LogP contribution in [0.1, 0.15) is 10.4 Å². The Morgan fingerprint density at radius 2 is 1.79 bits per heavy atom. The zero-order valence-electron chi connectivity index (χ0n) is 15.6. The number of nitrogens with zero attached hydrogens (tertiary/aromatic N) is 3. The quantitative estimate of drug-likeness (QED) is 0.593. The summed E-state index contributed by atoms with van der Waals surface area (Å²) in [6.45, 7) is 3.73. The van der Waals surface area contributed by atoms with Crippen LogP contribution in [0.2, 0.25) is 5.02 Å². The standard InChI is InChI=1S/C20H20ClN3O3S.ClH/c21-16-7-5-15(6-8-16)19(25)24-18-4-2-1-3-17(18)22-20(24)28(26)14-11-23-9-12-27-13-10-23;/h1-8H,9-14H2;1H. The lowest BCUT2D eigenvalue weighted by atomic mass is 10.2. The highest BCUT2D eigenvalue weighted by atomic mass is 35.5. The van der Waals surface area contributed by atoms with E-state index >= 15 is 0 Å². The summed E-state index contributed by atoms with van der Waals surface area (Å²) < 4.78 is 19.9. The number of fused-ring (bicyclic) bond motifs is 1. The minimum atomic E-state index is -1.41. The number of aromatic nitrogens is 2. The molecule has 0 saturated carbocycles. The molecule has 1 aromatic heterocycles. The van der Waals surface area contributed by atoms with Gasteiger partial charge in [0.15, 0.2) is 0 Å². The van der Waals surface area contributed by atoms with Crippen LogP contribution < -0.4 is 0 Å². The maximum Gasteiger partial charge on any atom is 0.264 e. The van der Waals surface area contributed by atoms with Gasteiger partial charge in [-0.2, -0.15) is 0 Å². The van der Waals surface area contributed by atoms with E-state index in [1.54, 1.807) is 24.3 Å². The molecule has 2 heterocycles. The smallest absolute Gasteiger partial charge is 0.264 e. The summed E-state index contributed by atoms with van der Waals surface area (Å²) in [5.74, 6) is 0.150. The molecule has 9 heteroatoms. The zero-order valence-corrected chi connectivity index (χ0v) is 18.0. The average molecular weight is 454 g/mol. The van der Waals surface area contributed by atoms with Gasteiger partial charge in [0.05, 0.1) is 35.0 Å². The van der Waals surface area contributed by atoms with Crippen molar-refractivity contribution >= 4 is 51.7 Å². The van der Waals surface area contributed by atoms with Gasteiger partial charge in [0.25, 0.3) is 5.91 Å². The summed E-state index contributed by atoms with van der Waals surface area (Å²) in [6.07, 6.45) is 0. The second-order valence-electron chi connectivity index (χ2n) is 6.53. The van der Waals surface area contributed by atoms with Gasteiger partial charge in [0.2, 0.25) is 5.16 Å². The molecule has 1 aliphatic rings. The highest BCUT2D eigenvalue weighted by Crippen LogP contribution is 2.21. The molecule has 1 atom stereocenters. The Morgan fingerprint density at radius 1 is 1.10 bits per heavy atom. The first-order valence-electron chi connectivity index (χ1n) is 9.10. The predicted molar refractivity (Wildman–Crippen MR) is 117 cm³/mol. The molecule has 154 valence electrons. The normalized spacial score (nSPS) is 15.8. The number of morpholine rings is 1. The second-order valence-corrected chi connectivity index (χ2v) is 8.44. The van der Waals surface area contributed by atoms with Crippen LogP contribution in [0.15, 0.2) is 53.7 Å². The number of carbonyl (C=O) groups is 1. The molecule has 0 N–H and O–H groups in total. The van der Waals surface area contributed by atoms with Gasteiger partial charge in [-0.1, -0.05) is 23.7 Å². The molecule has 1 saturated heterocycles. The Kier molecular flexibility index (Phi) is 7.43. The molecule has 0 bridgehead atoms. The van der Waals surface area contributed by atoms with Gasteiger partial charge in [-0.15, -0.1) is 12.4 Å². The van der Waals surface area contributed by atoms with Gasteiger partial charge in [0, 0.05) is 36.0 Å². The summed E-state index contributed by atoms with van der Waals surface area (Å²) in [4.78, 5) is 19.9. The topological polar surface area (TPSA) is 64.4 Å². The molecule has 1 fully saturated rings. The highest BCUT2D eigenvalue weighted by molar-refractivity contribution is 7.84. The molecule has 6 nitrogen and oxygen atoms in total. The van der Waals surface area contributed by atoms with Crippen molar-refractivity contribution in [2.45, 2.75) is 5.16 Å². The Bertz CT molecular complexity index is 1020. The molecule has 2 aromatic carbocycles. The van der Waals surface area contributed by atoms with Gasteiger partial charge >= 0.3 is 0 Å². The molecule has 3 aromatic rings. The first-order valence-corrected chi connectivity index (χ1v) is 10.8. The van der Waals surface area contributed by atoms with Crippen molar-refractivity contribution in [3.8, 4) is 0 Å². The van der Waals surface area contributed by atoms with E-state index in [2.05, 4.69) is 9.88 Å². The average Bonchev–Trinajstić information content (AvgIpc) is 3.12. The van der Waals surface area contributed by atoms with E-state index in [1.807, 2.05) is 24.3 Å². The maximum absolute atomic E-state index is 13.2. The first-order chi connectivity index (χ1) is 13.6. The predicted octanol–water partition coefficient (Wildman–Crippen LogP) is 3.24. The third-order valence-corrected chi connectivity index (χ3v) is 6.21. The largest absolute Gasteiger partial charge is 0.379 e. The van der Waals surface area contributed by atoms with Crippen LogP contribution in [-0.4, -0.2) is 63.2 Å². The van der Waals surface area contributed by atoms with E-state index in [9.17, 15) is 9.00 Å². The lowest BCUT2D eigenvalue weighted by Crippen LogP contribution is -2.38. The van der Waals surface area contributed by atoms with Crippen LogP contribution in [0.4, 0.5) is 0 Å². The fraction of sp³-hybridized carbons (Fsp3) is 0.300. The van der Waals surface area contributed by atoms with Crippen LogP contribution in [0.3, 0.4) is 0 Å². The zero-order chi connectivity index (χ0) is 19.5. The van der Waals surface area contributed by atoms with Gasteiger partial charge in [-0.25, -0.2) is 4.98 Å². The van der Waals surface area contributed by atoms with Crippen LogP contribution in [0.25, 0.3) is 11.0 Å². The number of carbonyl (C=O) groups excluding carboxylic acids is 1. The molecule has 1 aliphatic heterocycles. The first kappa shape index (κ1) is 21.9. The van der Waals surface area contributed by atoms with E-state index in [4.69, 9.17) is 16.3 Å². The summed E-state index contributed by atoms with van der Waals surface area (Å²) in [6, 6.07) is 14.0. The van der Waals surface area contributed by atoms with Crippen molar-refractivity contribution in [2.24, 2.45) is 0 Å². The molecule has 1 unspecified atom stereocenters. The van der Waals surface area contributed by atoms with E-state index in [0.29, 0.717) is 47.1 Å². The second kappa shape index (κ2) is 9.82. The van der Waals surface area contributed by atoms with Gasteiger partial charge in [-0.05, 0) is 36.4 Å². The maximum atomic E-state index is 13.2. The molecule has 0 aliphatic carbocycles. The van der Waals surface area contributed by atoms with Crippen molar-refractivity contribution in [1.29, 1.82) is 0 Å². The molecule has 0 radical (unpaired) electrons.